The number of rotatable bonds is 4. The summed E-state index contributed by atoms with van der Waals surface area (Å²) in [5, 5.41) is 4.39. The fourth-order valence-electron chi connectivity index (χ4n) is 6.18. The van der Waals surface area contributed by atoms with Crippen molar-refractivity contribution >= 4 is 75.5 Å². The van der Waals surface area contributed by atoms with Crippen molar-refractivity contribution in [3.05, 3.63) is 56.0 Å². The maximum absolute atomic E-state index is 15.0. The second-order valence-corrected chi connectivity index (χ2v) is 11.9. The summed E-state index contributed by atoms with van der Waals surface area (Å²) >= 11 is 24.6. The monoisotopic (exact) mass is 658 g/mol. The lowest BCUT2D eigenvalue weighted by molar-refractivity contribution is -0.148. The van der Waals surface area contributed by atoms with Gasteiger partial charge in [0.05, 0.1) is 29.1 Å². The molecule has 0 aromatic heterocycles. The van der Waals surface area contributed by atoms with E-state index in [4.69, 9.17) is 46.4 Å². The van der Waals surface area contributed by atoms with Crippen molar-refractivity contribution in [1.29, 1.82) is 0 Å². The topological polar surface area (TPSA) is 81.8 Å². The lowest BCUT2D eigenvalue weighted by atomic mass is 9.72. The Bertz CT molecular complexity index is 1460. The molecule has 41 heavy (non-hydrogen) atoms. The summed E-state index contributed by atoms with van der Waals surface area (Å²) in [5.41, 5.74) is -2.36. The zero-order chi connectivity index (χ0) is 30.2. The van der Waals surface area contributed by atoms with Crippen LogP contribution in [0.1, 0.15) is 12.0 Å². The van der Waals surface area contributed by atoms with E-state index in [1.54, 1.807) is 5.32 Å². The molecule has 16 heteroatoms. The van der Waals surface area contributed by atoms with E-state index in [0.29, 0.717) is 0 Å². The van der Waals surface area contributed by atoms with Gasteiger partial charge in [0.15, 0.2) is 0 Å². The number of hydrogen-bond acceptors (Lipinski definition) is 4. The molecule has 0 unspecified atom stereocenters. The van der Waals surface area contributed by atoms with Gasteiger partial charge in [-0.1, -0.05) is 46.4 Å². The van der Waals surface area contributed by atoms with Crippen LogP contribution >= 0.6 is 46.4 Å². The predicted molar refractivity (Wildman–Crippen MR) is 143 cm³/mol. The molecular formula is C25H19Cl4F5N4O3. The normalized spacial score (nSPS) is 26.6. The summed E-state index contributed by atoms with van der Waals surface area (Å²) in [7, 11) is 1.27. The number of carbonyl (C=O) groups is 3. The van der Waals surface area contributed by atoms with Crippen molar-refractivity contribution in [3.63, 3.8) is 0 Å². The highest BCUT2D eigenvalue weighted by atomic mass is 35.5. The van der Waals surface area contributed by atoms with E-state index >= 15 is 8.78 Å². The molecule has 4 atom stereocenters. The number of benzene rings is 2. The van der Waals surface area contributed by atoms with Gasteiger partial charge in [-0.25, -0.2) is 8.78 Å². The van der Waals surface area contributed by atoms with E-state index in [1.807, 2.05) is 0 Å². The number of hydrogen-bond donors (Lipinski definition) is 2. The largest absolute Gasteiger partial charge is 0.405 e. The highest BCUT2D eigenvalue weighted by molar-refractivity contribution is 6.38. The van der Waals surface area contributed by atoms with Crippen LogP contribution in [0.5, 0.6) is 0 Å². The number of nitrogens with zero attached hydrogens (tertiary/aromatic N) is 2. The smallest absolute Gasteiger partial charge is 0.347 e. The molecule has 3 aliphatic heterocycles. The highest BCUT2D eigenvalue weighted by Crippen LogP contribution is 2.61. The molecule has 220 valence electrons. The van der Waals surface area contributed by atoms with Crippen molar-refractivity contribution < 1.29 is 36.3 Å². The molecule has 0 aliphatic carbocycles. The second kappa shape index (κ2) is 10.1. The highest BCUT2D eigenvalue weighted by Gasteiger charge is 2.74. The van der Waals surface area contributed by atoms with Crippen LogP contribution in [0.25, 0.3) is 0 Å². The van der Waals surface area contributed by atoms with E-state index in [9.17, 15) is 27.6 Å². The van der Waals surface area contributed by atoms with Crippen LogP contribution in [-0.4, -0.2) is 60.9 Å². The predicted octanol–water partition coefficient (Wildman–Crippen LogP) is 5.74. The fourth-order valence-corrected chi connectivity index (χ4v) is 7.24. The first-order valence-electron chi connectivity index (χ1n) is 12.0. The Hall–Kier alpha value is -2.38. The van der Waals surface area contributed by atoms with Gasteiger partial charge in [-0.2, -0.15) is 13.2 Å². The van der Waals surface area contributed by atoms with Crippen LogP contribution in [-0.2, 0) is 19.9 Å². The van der Waals surface area contributed by atoms with Gasteiger partial charge in [-0.15, -0.1) is 0 Å². The molecule has 3 amide bonds. The molecule has 2 aromatic carbocycles. The van der Waals surface area contributed by atoms with Crippen molar-refractivity contribution in [1.82, 2.24) is 10.2 Å². The second-order valence-electron chi connectivity index (χ2n) is 10.1. The maximum atomic E-state index is 15.0. The Morgan fingerprint density at radius 1 is 1.07 bits per heavy atom. The minimum atomic E-state index is -4.85. The zero-order valence-electron chi connectivity index (χ0n) is 20.8. The van der Waals surface area contributed by atoms with E-state index in [2.05, 4.69) is 5.32 Å². The van der Waals surface area contributed by atoms with Crippen molar-refractivity contribution in [2.45, 2.75) is 30.1 Å². The summed E-state index contributed by atoms with van der Waals surface area (Å²) in [6, 6.07) is 5.15. The van der Waals surface area contributed by atoms with Crippen molar-refractivity contribution in [2.24, 2.45) is 11.8 Å². The van der Waals surface area contributed by atoms with Gasteiger partial charge in [-0.05, 0) is 30.3 Å². The molecule has 0 saturated carbocycles. The van der Waals surface area contributed by atoms with Crippen LogP contribution in [0.4, 0.5) is 33.3 Å². The SMILES string of the molecule is CN(C(=O)[C@H]1[C@H]2CC(F)(F)CN2[C@]2(C(=O)Nc3c(Cl)cc(Cl)cc32)[C@H]1C(=O)NCC(F)(F)F)c1cc(Cl)cc(Cl)c1. The van der Waals surface area contributed by atoms with Crippen LogP contribution in [0, 0.1) is 11.8 Å². The van der Waals surface area contributed by atoms with Gasteiger partial charge in [0.1, 0.15) is 12.1 Å². The Morgan fingerprint density at radius 3 is 2.29 bits per heavy atom. The molecule has 2 saturated heterocycles. The first kappa shape index (κ1) is 30.1. The Morgan fingerprint density at radius 2 is 1.68 bits per heavy atom. The Kier molecular flexibility index (Phi) is 7.42. The summed E-state index contributed by atoms with van der Waals surface area (Å²) in [6.45, 7) is -2.85. The summed E-state index contributed by atoms with van der Waals surface area (Å²) in [4.78, 5) is 43.6. The molecule has 0 radical (unpaired) electrons. The molecule has 3 aliphatic rings. The third-order valence-corrected chi connectivity index (χ3v) is 8.59. The van der Waals surface area contributed by atoms with Gasteiger partial charge < -0.3 is 15.5 Å². The fraction of sp³-hybridized carbons (Fsp3) is 0.400. The first-order chi connectivity index (χ1) is 19.0. The molecule has 2 N–H and O–H groups in total. The number of anilines is 2. The molecule has 7 nitrogen and oxygen atoms in total. The lowest BCUT2D eigenvalue weighted by Gasteiger charge is -2.37. The molecule has 2 aromatic rings. The van der Waals surface area contributed by atoms with E-state index in [-0.39, 0.29) is 37.0 Å². The number of nitrogens with one attached hydrogen (secondary N) is 2. The average Bonchev–Trinajstić information content (AvgIpc) is 3.41. The maximum Gasteiger partial charge on any atom is 0.405 e. The first-order valence-corrected chi connectivity index (χ1v) is 13.5. The van der Waals surface area contributed by atoms with Crippen LogP contribution in [0.3, 0.4) is 0 Å². The minimum absolute atomic E-state index is 0.0259. The van der Waals surface area contributed by atoms with Gasteiger partial charge >= 0.3 is 6.18 Å². The minimum Gasteiger partial charge on any atom is -0.347 e. The van der Waals surface area contributed by atoms with Crippen LogP contribution in [0.2, 0.25) is 20.1 Å². The third kappa shape index (κ3) is 5.01. The standard InChI is InChI=1S/C25H19Cl4F5N4O3/c1-37(13-3-10(26)2-11(27)4-13)21(40)17-16-7-23(30,31)9-38(16)25(18(17)20(39)35-8-24(32,33)34)14-5-12(28)6-15(29)19(14)36-22(25)41/h2-6,16-18H,7-9H2,1H3,(H,35,39)(H,36,41)/t16-,17+,18-,25+/m1/s1. The number of fused-ring (bicyclic) bond motifs is 4. The Balaban J connectivity index is 1.72. The van der Waals surface area contributed by atoms with Crippen molar-refractivity contribution in [3.8, 4) is 0 Å². The molecule has 1 spiro atoms. The Labute approximate surface area is 249 Å². The molecule has 2 fully saturated rings. The summed E-state index contributed by atoms with van der Waals surface area (Å²) in [5.74, 6) is -10.3. The van der Waals surface area contributed by atoms with Crippen LogP contribution in [0.15, 0.2) is 30.3 Å². The summed E-state index contributed by atoms with van der Waals surface area (Å²) in [6.07, 6.45) is -5.80. The van der Waals surface area contributed by atoms with E-state index in [0.717, 1.165) is 9.80 Å². The van der Waals surface area contributed by atoms with Crippen LogP contribution < -0.4 is 15.5 Å². The number of halogens is 9. The number of amides is 3. The van der Waals surface area contributed by atoms with Gasteiger partial charge in [0, 0.05) is 45.8 Å². The van der Waals surface area contributed by atoms with Crippen molar-refractivity contribution in [2.75, 3.05) is 30.4 Å². The molecular weight excluding hydrogens is 641 g/mol. The quantitative estimate of drug-likeness (QED) is 0.410. The zero-order valence-corrected chi connectivity index (χ0v) is 23.8. The van der Waals surface area contributed by atoms with E-state index in [1.165, 1.54) is 37.4 Å². The molecule has 0 bridgehead atoms. The summed E-state index contributed by atoms with van der Waals surface area (Å²) < 4.78 is 69.6. The number of carbonyl (C=O) groups excluding carboxylic acids is 3. The van der Waals surface area contributed by atoms with E-state index < -0.39 is 72.7 Å². The number of alkyl halides is 5. The lowest BCUT2D eigenvalue weighted by Crippen LogP contribution is -2.57. The molecule has 3 heterocycles. The third-order valence-electron chi connectivity index (χ3n) is 7.63. The average molecular weight is 660 g/mol. The molecule has 5 rings (SSSR count). The van der Waals surface area contributed by atoms with Gasteiger partial charge in [0.25, 0.3) is 11.8 Å². The van der Waals surface area contributed by atoms with Gasteiger partial charge in [-0.3, -0.25) is 19.3 Å². The van der Waals surface area contributed by atoms with Gasteiger partial charge in [0.2, 0.25) is 11.8 Å².